The van der Waals surface area contributed by atoms with Crippen molar-refractivity contribution in [2.45, 2.75) is 26.2 Å². The molecule has 31 heavy (non-hydrogen) atoms. The highest BCUT2D eigenvalue weighted by Crippen LogP contribution is 2.45. The topological polar surface area (TPSA) is 29.5 Å². The van der Waals surface area contributed by atoms with Crippen LogP contribution >= 0.6 is 0 Å². The van der Waals surface area contributed by atoms with Gasteiger partial charge >= 0.3 is 0 Å². The van der Waals surface area contributed by atoms with Crippen LogP contribution in [0.4, 0.5) is 17.1 Å². The van der Waals surface area contributed by atoms with E-state index in [9.17, 15) is 0 Å². The molecular weight excluding hydrogens is 382 g/mol. The average Bonchev–Trinajstić information content (AvgIpc) is 3.47. The molecule has 0 atom stereocenters. The van der Waals surface area contributed by atoms with Crippen molar-refractivity contribution in [3.05, 3.63) is 91.3 Å². The summed E-state index contributed by atoms with van der Waals surface area (Å²) in [6.07, 6.45) is 6.94. The molecule has 4 aromatic carbocycles. The van der Waals surface area contributed by atoms with Crippen LogP contribution in [0.3, 0.4) is 0 Å². The summed E-state index contributed by atoms with van der Waals surface area (Å²) in [4.78, 5) is 2.18. The van der Waals surface area contributed by atoms with Crippen LogP contribution in [0, 0.1) is 0 Å². The highest BCUT2D eigenvalue weighted by Gasteiger charge is 2.22. The lowest BCUT2D eigenvalue weighted by atomic mass is 9.81. The molecule has 0 unspecified atom stereocenters. The fourth-order valence-electron chi connectivity index (χ4n) is 4.83. The van der Waals surface area contributed by atoms with E-state index in [-0.39, 0.29) is 5.41 Å². The van der Waals surface area contributed by atoms with E-state index in [4.69, 9.17) is 8.83 Å². The van der Waals surface area contributed by atoms with Crippen molar-refractivity contribution >= 4 is 49.4 Å². The first-order valence-corrected chi connectivity index (χ1v) is 10.6. The summed E-state index contributed by atoms with van der Waals surface area (Å²) < 4.78 is 10.8. The lowest BCUT2D eigenvalue weighted by Crippen LogP contribution is -2.12. The van der Waals surface area contributed by atoms with E-state index in [0.29, 0.717) is 0 Å². The minimum Gasteiger partial charge on any atom is -0.470 e. The van der Waals surface area contributed by atoms with Gasteiger partial charge in [-0.05, 0) is 44.0 Å². The second-order valence-electron chi connectivity index (χ2n) is 9.17. The Bertz CT molecular complexity index is 1470. The molecule has 0 radical (unpaired) electrons. The molecule has 0 spiro atoms. The zero-order valence-electron chi connectivity index (χ0n) is 17.8. The molecule has 0 fully saturated rings. The van der Waals surface area contributed by atoms with Crippen LogP contribution in [0.1, 0.15) is 26.3 Å². The Balaban J connectivity index is 1.73. The highest BCUT2D eigenvalue weighted by molar-refractivity contribution is 6.26. The van der Waals surface area contributed by atoms with Crippen molar-refractivity contribution in [2.75, 3.05) is 4.90 Å². The van der Waals surface area contributed by atoms with Crippen LogP contribution in [0.15, 0.2) is 94.6 Å². The zero-order chi connectivity index (χ0) is 21.2. The maximum absolute atomic E-state index is 5.42. The van der Waals surface area contributed by atoms with Gasteiger partial charge in [0.05, 0.1) is 29.6 Å². The molecule has 0 aliphatic carbocycles. The maximum atomic E-state index is 5.42. The molecule has 0 N–H and O–H groups in total. The monoisotopic (exact) mass is 405 g/mol. The summed E-state index contributed by atoms with van der Waals surface area (Å²) in [5.74, 6) is 0. The van der Waals surface area contributed by atoms with Crippen molar-refractivity contribution < 1.29 is 8.83 Å². The molecular formula is C28H23NO2. The molecule has 3 nitrogen and oxygen atoms in total. The van der Waals surface area contributed by atoms with E-state index in [1.165, 1.54) is 37.9 Å². The van der Waals surface area contributed by atoms with E-state index < -0.39 is 0 Å². The molecule has 0 aliphatic rings. The van der Waals surface area contributed by atoms with Crippen LogP contribution in [0.5, 0.6) is 0 Å². The molecule has 0 amide bonds. The van der Waals surface area contributed by atoms with Gasteiger partial charge in [-0.25, -0.2) is 0 Å². The summed E-state index contributed by atoms with van der Waals surface area (Å²) >= 11 is 0. The van der Waals surface area contributed by atoms with Crippen molar-refractivity contribution in [2.24, 2.45) is 0 Å². The normalized spacial score (nSPS) is 12.4. The van der Waals surface area contributed by atoms with Crippen LogP contribution < -0.4 is 4.90 Å². The van der Waals surface area contributed by atoms with Gasteiger partial charge in [0.1, 0.15) is 12.5 Å². The Hall–Kier alpha value is -3.72. The smallest absolute Gasteiger partial charge is 0.114 e. The van der Waals surface area contributed by atoms with Gasteiger partial charge in [-0.2, -0.15) is 0 Å². The molecule has 2 heterocycles. The Morgan fingerprint density at radius 3 is 1.74 bits per heavy atom. The first kappa shape index (κ1) is 18.1. The molecule has 0 bridgehead atoms. The standard InChI is InChI=1S/C28H23NO2/c1-28(2,3)24-10-6-18-5-9-23-25(11-7-19-4-8-22(24)26(18)27(19)23)29(20-12-14-30-16-20)21-13-15-31-17-21/h4-17H,1-3H3. The van der Waals surface area contributed by atoms with Gasteiger partial charge in [-0.3, -0.25) is 0 Å². The van der Waals surface area contributed by atoms with Gasteiger partial charge in [0, 0.05) is 17.5 Å². The highest BCUT2D eigenvalue weighted by atomic mass is 16.3. The maximum Gasteiger partial charge on any atom is 0.114 e. The number of anilines is 3. The quantitative estimate of drug-likeness (QED) is 0.276. The summed E-state index contributed by atoms with van der Waals surface area (Å²) in [6, 6.07) is 21.9. The fourth-order valence-corrected chi connectivity index (χ4v) is 4.83. The fraction of sp³-hybridized carbons (Fsp3) is 0.143. The predicted octanol–water partition coefficient (Wildman–Crippen LogP) is 8.54. The van der Waals surface area contributed by atoms with Gasteiger partial charge in [0.15, 0.2) is 0 Å². The Labute approximate surface area is 180 Å². The molecule has 152 valence electrons. The molecule has 3 heteroatoms. The molecule has 0 saturated heterocycles. The average molecular weight is 405 g/mol. The summed E-state index contributed by atoms with van der Waals surface area (Å²) in [5.41, 5.74) is 4.48. The van der Waals surface area contributed by atoms with Gasteiger partial charge in [0.2, 0.25) is 0 Å². The van der Waals surface area contributed by atoms with Crippen molar-refractivity contribution in [1.82, 2.24) is 0 Å². The van der Waals surface area contributed by atoms with Crippen molar-refractivity contribution in [3.63, 3.8) is 0 Å². The minimum atomic E-state index is 0.0742. The van der Waals surface area contributed by atoms with E-state index >= 15 is 0 Å². The van der Waals surface area contributed by atoms with Crippen LogP contribution in [-0.4, -0.2) is 0 Å². The molecule has 0 saturated carbocycles. The Kier molecular flexibility index (Phi) is 3.73. The largest absolute Gasteiger partial charge is 0.470 e. The summed E-state index contributed by atoms with van der Waals surface area (Å²) in [6.45, 7) is 6.85. The van der Waals surface area contributed by atoms with Crippen LogP contribution in [-0.2, 0) is 5.41 Å². The van der Waals surface area contributed by atoms with Gasteiger partial charge < -0.3 is 13.7 Å². The second kappa shape index (κ2) is 6.39. The minimum absolute atomic E-state index is 0.0742. The van der Waals surface area contributed by atoms with E-state index in [0.717, 1.165) is 17.1 Å². The summed E-state index contributed by atoms with van der Waals surface area (Å²) in [5, 5.41) is 7.71. The lowest BCUT2D eigenvalue weighted by Gasteiger charge is -2.26. The third kappa shape index (κ3) is 2.66. The van der Waals surface area contributed by atoms with E-state index in [1.807, 2.05) is 12.1 Å². The number of rotatable bonds is 3. The van der Waals surface area contributed by atoms with Gasteiger partial charge in [-0.1, -0.05) is 63.2 Å². The van der Waals surface area contributed by atoms with E-state index in [2.05, 4.69) is 74.2 Å². The molecule has 0 aliphatic heterocycles. The van der Waals surface area contributed by atoms with Crippen LogP contribution in [0.2, 0.25) is 0 Å². The van der Waals surface area contributed by atoms with Crippen LogP contribution in [0.25, 0.3) is 32.3 Å². The number of furan rings is 2. The first-order chi connectivity index (χ1) is 15.0. The van der Waals surface area contributed by atoms with Crippen molar-refractivity contribution in [3.8, 4) is 0 Å². The molecule has 6 aromatic rings. The SMILES string of the molecule is CC(C)(C)c1ccc2ccc3c(N(c4ccoc4)c4ccoc4)ccc4ccc1c2c43. The van der Waals surface area contributed by atoms with Crippen molar-refractivity contribution in [1.29, 1.82) is 0 Å². The molecule has 6 rings (SSSR count). The number of hydrogen-bond acceptors (Lipinski definition) is 3. The van der Waals surface area contributed by atoms with E-state index in [1.54, 1.807) is 25.1 Å². The zero-order valence-corrected chi connectivity index (χ0v) is 17.8. The van der Waals surface area contributed by atoms with Gasteiger partial charge in [0.25, 0.3) is 0 Å². The predicted molar refractivity (Wildman–Crippen MR) is 128 cm³/mol. The lowest BCUT2D eigenvalue weighted by molar-refractivity contribution is 0.566. The van der Waals surface area contributed by atoms with Gasteiger partial charge in [-0.15, -0.1) is 0 Å². The Morgan fingerprint density at radius 1 is 0.613 bits per heavy atom. The second-order valence-corrected chi connectivity index (χ2v) is 9.17. The number of benzene rings is 4. The molecule has 2 aromatic heterocycles. The summed E-state index contributed by atoms with van der Waals surface area (Å²) in [7, 11) is 0. The first-order valence-electron chi connectivity index (χ1n) is 10.6. The number of hydrogen-bond donors (Lipinski definition) is 0. The third-order valence-corrected chi connectivity index (χ3v) is 6.22. The Morgan fingerprint density at radius 2 is 1.16 bits per heavy atom. The number of nitrogens with zero attached hydrogens (tertiary/aromatic N) is 1. The third-order valence-electron chi connectivity index (χ3n) is 6.22.